The van der Waals surface area contributed by atoms with Gasteiger partial charge in [0, 0.05) is 6.20 Å². The van der Waals surface area contributed by atoms with Crippen LogP contribution < -0.4 is 0 Å². The Hall–Kier alpha value is -1.35. The van der Waals surface area contributed by atoms with E-state index < -0.39 is 0 Å². The molecule has 0 spiro atoms. The van der Waals surface area contributed by atoms with Gasteiger partial charge in [0.1, 0.15) is 0 Å². The van der Waals surface area contributed by atoms with Gasteiger partial charge >= 0.3 is 0 Å². The van der Waals surface area contributed by atoms with Gasteiger partial charge in [-0.05, 0) is 12.1 Å². The lowest BCUT2D eigenvalue weighted by Gasteiger charge is -1.92. The summed E-state index contributed by atoms with van der Waals surface area (Å²) in [5.74, 6) is 0. The lowest BCUT2D eigenvalue weighted by molar-refractivity contribution is 1.27. The lowest BCUT2D eigenvalue weighted by Crippen LogP contribution is -1.79. The Morgan fingerprint density at radius 1 is 1.25 bits per heavy atom. The number of imidazole rings is 1. The first-order valence-corrected chi connectivity index (χ1v) is 3.36. The molecule has 0 aliphatic carbocycles. The number of nitrogens with one attached hydrogen (secondary N) is 1. The summed E-state index contributed by atoms with van der Waals surface area (Å²) in [5, 5.41) is 0. The van der Waals surface area contributed by atoms with Crippen molar-refractivity contribution in [2.24, 2.45) is 0 Å². The molecular weight excluding hydrogens is 174 g/mol. The van der Waals surface area contributed by atoms with E-state index in [4.69, 9.17) is 0 Å². The predicted octanol–water partition coefficient (Wildman–Crippen LogP) is 1.89. The summed E-state index contributed by atoms with van der Waals surface area (Å²) < 4.78 is 0. The van der Waals surface area contributed by atoms with Crippen molar-refractivity contribution in [1.82, 2.24) is 15.0 Å². The maximum Gasteiger partial charge on any atom is 0.0924 e. The van der Waals surface area contributed by atoms with Crippen molar-refractivity contribution in [2.75, 3.05) is 0 Å². The normalized spacial score (nSPS) is 9.00. The van der Waals surface area contributed by atoms with Crippen molar-refractivity contribution >= 4 is 12.4 Å². The predicted molar refractivity (Wildman–Crippen MR) is 49.1 cm³/mol. The van der Waals surface area contributed by atoms with E-state index in [1.807, 2.05) is 18.2 Å². The van der Waals surface area contributed by atoms with Crippen LogP contribution in [-0.2, 0) is 0 Å². The average Bonchev–Trinajstić information content (AvgIpc) is 2.58. The zero-order valence-corrected chi connectivity index (χ0v) is 7.08. The highest BCUT2D eigenvalue weighted by Crippen LogP contribution is 2.10. The number of hydrogen-bond acceptors (Lipinski definition) is 2. The van der Waals surface area contributed by atoms with Gasteiger partial charge in [0.15, 0.2) is 0 Å². The van der Waals surface area contributed by atoms with E-state index in [-0.39, 0.29) is 12.4 Å². The highest BCUT2D eigenvalue weighted by Gasteiger charge is 1.95. The molecular formula is C8H8ClN3. The molecule has 0 saturated heterocycles. The van der Waals surface area contributed by atoms with Crippen LogP contribution in [0.25, 0.3) is 11.4 Å². The second-order valence-corrected chi connectivity index (χ2v) is 2.18. The maximum atomic E-state index is 4.15. The molecule has 0 amide bonds. The molecule has 0 radical (unpaired) electrons. The van der Waals surface area contributed by atoms with Crippen LogP contribution in [0.3, 0.4) is 0 Å². The zero-order valence-electron chi connectivity index (χ0n) is 6.27. The molecule has 2 rings (SSSR count). The summed E-state index contributed by atoms with van der Waals surface area (Å²) in [6, 6.07) is 5.77. The molecule has 1 N–H and O–H groups in total. The molecule has 4 heteroatoms. The third-order valence-corrected chi connectivity index (χ3v) is 1.44. The summed E-state index contributed by atoms with van der Waals surface area (Å²) in [6.07, 6.45) is 5.16. The van der Waals surface area contributed by atoms with Crippen molar-refractivity contribution in [3.05, 3.63) is 36.9 Å². The average molecular weight is 182 g/mol. The SMILES string of the molecule is Cl.c1ccc(-c2cnc[nH]2)nc1. The minimum Gasteiger partial charge on any atom is -0.343 e. The first-order valence-electron chi connectivity index (χ1n) is 3.36. The van der Waals surface area contributed by atoms with Gasteiger partial charge in [-0.2, -0.15) is 0 Å². The van der Waals surface area contributed by atoms with E-state index in [2.05, 4.69) is 15.0 Å². The second kappa shape index (κ2) is 3.88. The first kappa shape index (κ1) is 8.74. The zero-order chi connectivity index (χ0) is 7.52. The van der Waals surface area contributed by atoms with Crippen LogP contribution in [0.2, 0.25) is 0 Å². The molecule has 0 bridgehead atoms. The summed E-state index contributed by atoms with van der Waals surface area (Å²) >= 11 is 0. The smallest absolute Gasteiger partial charge is 0.0924 e. The highest BCUT2D eigenvalue weighted by atomic mass is 35.5. The van der Waals surface area contributed by atoms with Crippen LogP contribution in [0.4, 0.5) is 0 Å². The third kappa shape index (κ3) is 1.62. The Balaban J connectivity index is 0.000000720. The number of H-pyrrole nitrogens is 1. The van der Waals surface area contributed by atoms with Crippen molar-refractivity contribution < 1.29 is 0 Å². The van der Waals surface area contributed by atoms with E-state index >= 15 is 0 Å². The molecule has 0 aliphatic rings. The first-order chi connectivity index (χ1) is 5.47. The van der Waals surface area contributed by atoms with Crippen molar-refractivity contribution in [1.29, 1.82) is 0 Å². The van der Waals surface area contributed by atoms with Gasteiger partial charge in [0.05, 0.1) is 23.9 Å². The molecule has 2 aromatic rings. The summed E-state index contributed by atoms with van der Waals surface area (Å²) in [4.78, 5) is 11.0. The maximum absolute atomic E-state index is 4.15. The van der Waals surface area contributed by atoms with Gasteiger partial charge in [-0.1, -0.05) is 6.07 Å². The molecule has 0 aromatic carbocycles. The molecule has 0 unspecified atom stereocenters. The third-order valence-electron chi connectivity index (χ3n) is 1.44. The summed E-state index contributed by atoms with van der Waals surface area (Å²) in [6.45, 7) is 0. The molecule has 3 nitrogen and oxygen atoms in total. The fraction of sp³-hybridized carbons (Fsp3) is 0. The summed E-state index contributed by atoms with van der Waals surface area (Å²) in [5.41, 5.74) is 1.87. The van der Waals surface area contributed by atoms with Crippen LogP contribution in [0.15, 0.2) is 36.9 Å². The van der Waals surface area contributed by atoms with Crippen LogP contribution in [0.5, 0.6) is 0 Å². The Kier molecular flexibility index (Phi) is 2.82. The molecule has 2 aromatic heterocycles. The van der Waals surface area contributed by atoms with Gasteiger partial charge < -0.3 is 4.98 Å². The molecule has 0 atom stereocenters. The Labute approximate surface area is 76.3 Å². The van der Waals surface area contributed by atoms with Gasteiger partial charge in [-0.25, -0.2) is 4.98 Å². The Bertz CT molecular complexity index is 317. The lowest BCUT2D eigenvalue weighted by atomic mass is 10.3. The van der Waals surface area contributed by atoms with Gasteiger partial charge in [-0.15, -0.1) is 12.4 Å². The highest BCUT2D eigenvalue weighted by molar-refractivity contribution is 5.85. The molecule has 0 aliphatic heterocycles. The fourth-order valence-electron chi connectivity index (χ4n) is 0.918. The molecule has 0 fully saturated rings. The van der Waals surface area contributed by atoms with Crippen LogP contribution in [0.1, 0.15) is 0 Å². The molecule has 12 heavy (non-hydrogen) atoms. The quantitative estimate of drug-likeness (QED) is 0.730. The van der Waals surface area contributed by atoms with E-state index in [9.17, 15) is 0 Å². The number of hydrogen-bond donors (Lipinski definition) is 1. The van der Waals surface area contributed by atoms with Crippen molar-refractivity contribution in [2.45, 2.75) is 0 Å². The molecule has 0 saturated carbocycles. The molecule has 62 valence electrons. The monoisotopic (exact) mass is 181 g/mol. The number of aromatic nitrogens is 3. The number of rotatable bonds is 1. The van der Waals surface area contributed by atoms with Crippen LogP contribution in [-0.4, -0.2) is 15.0 Å². The number of pyridine rings is 1. The minimum absolute atomic E-state index is 0. The summed E-state index contributed by atoms with van der Waals surface area (Å²) in [7, 11) is 0. The van der Waals surface area contributed by atoms with E-state index in [0.717, 1.165) is 11.4 Å². The minimum atomic E-state index is 0. The number of aromatic amines is 1. The van der Waals surface area contributed by atoms with E-state index in [0.29, 0.717) is 0 Å². The Morgan fingerprint density at radius 3 is 2.75 bits per heavy atom. The number of nitrogens with zero attached hydrogens (tertiary/aromatic N) is 2. The second-order valence-electron chi connectivity index (χ2n) is 2.18. The van der Waals surface area contributed by atoms with Gasteiger partial charge in [0.2, 0.25) is 0 Å². The fourth-order valence-corrected chi connectivity index (χ4v) is 0.918. The standard InChI is InChI=1S/C8H7N3.ClH/c1-2-4-10-7(3-1)8-5-9-6-11-8;/h1-6H,(H,9,11);1H. The van der Waals surface area contributed by atoms with Gasteiger partial charge in [-0.3, -0.25) is 4.98 Å². The van der Waals surface area contributed by atoms with Gasteiger partial charge in [0.25, 0.3) is 0 Å². The van der Waals surface area contributed by atoms with Crippen LogP contribution in [0, 0.1) is 0 Å². The van der Waals surface area contributed by atoms with Crippen molar-refractivity contribution in [3.8, 4) is 11.4 Å². The van der Waals surface area contributed by atoms with Crippen LogP contribution >= 0.6 is 12.4 Å². The number of halogens is 1. The van der Waals surface area contributed by atoms with E-state index in [1.165, 1.54) is 0 Å². The van der Waals surface area contributed by atoms with E-state index in [1.54, 1.807) is 18.7 Å². The topological polar surface area (TPSA) is 41.6 Å². The Morgan fingerprint density at radius 2 is 2.17 bits per heavy atom. The van der Waals surface area contributed by atoms with Crippen molar-refractivity contribution in [3.63, 3.8) is 0 Å². The largest absolute Gasteiger partial charge is 0.343 e. The molecule has 2 heterocycles.